The Labute approximate surface area is 192 Å². The normalized spacial score (nSPS) is 17.1. The summed E-state index contributed by atoms with van der Waals surface area (Å²) < 4.78 is 15.1. The number of carbonyl (C=O) groups excluding carboxylic acids is 2. The lowest BCUT2D eigenvalue weighted by Gasteiger charge is -2.20. The number of nitrogens with zero attached hydrogens (tertiary/aromatic N) is 5. The number of fused-ring (bicyclic) bond motifs is 2. The SMILES string of the molecule is C[C@@H](NC(=O)c1c[nH]c2ncc(-c3nn(C)c4cc(Cl)ccc34)nc12)C(=O)N1CC[C@@H](F)C1. The summed E-state index contributed by atoms with van der Waals surface area (Å²) >= 11 is 6.11. The van der Waals surface area contributed by atoms with Gasteiger partial charge in [-0.05, 0) is 31.5 Å². The predicted molar refractivity (Wildman–Crippen MR) is 122 cm³/mol. The minimum absolute atomic E-state index is 0.0597. The summed E-state index contributed by atoms with van der Waals surface area (Å²) in [5.74, 6) is -0.782. The van der Waals surface area contributed by atoms with Crippen LogP contribution in [-0.2, 0) is 11.8 Å². The van der Waals surface area contributed by atoms with Crippen molar-refractivity contribution in [1.29, 1.82) is 0 Å². The fraction of sp³-hybridized carbons (Fsp3) is 0.318. The Bertz CT molecular complexity index is 1400. The molecule has 1 fully saturated rings. The standard InChI is InChI=1S/C22H21ClFN7O2/c1-11(22(33)31-6-5-13(24)10-31)27-21(32)15-8-25-20-19(15)28-16(9-26-20)18-14-4-3-12(23)7-17(14)30(2)29-18/h3-4,7-9,11,13H,5-6,10H2,1-2H3,(H,25,26)(H,27,32)/t11-,13-/m1/s1. The molecule has 0 saturated carbocycles. The van der Waals surface area contributed by atoms with Crippen molar-refractivity contribution in [3.05, 3.63) is 41.2 Å². The molecule has 3 aromatic heterocycles. The maximum absolute atomic E-state index is 13.4. The van der Waals surface area contributed by atoms with Crippen LogP contribution in [0.15, 0.2) is 30.6 Å². The van der Waals surface area contributed by atoms with Gasteiger partial charge >= 0.3 is 0 Å². The van der Waals surface area contributed by atoms with Gasteiger partial charge in [0, 0.05) is 30.2 Å². The predicted octanol–water partition coefficient (Wildman–Crippen LogP) is 2.85. The Kier molecular flexibility index (Phi) is 5.24. The summed E-state index contributed by atoms with van der Waals surface area (Å²) in [6.07, 6.45) is 2.40. The number of hydrogen-bond donors (Lipinski definition) is 2. The Morgan fingerprint density at radius 2 is 2.18 bits per heavy atom. The number of H-pyrrole nitrogens is 1. The third-order valence-corrected chi connectivity index (χ3v) is 6.08. The smallest absolute Gasteiger partial charge is 0.255 e. The lowest BCUT2D eigenvalue weighted by atomic mass is 10.1. The monoisotopic (exact) mass is 469 g/mol. The number of halogens is 2. The molecule has 5 rings (SSSR count). The molecule has 4 aromatic rings. The molecule has 33 heavy (non-hydrogen) atoms. The third kappa shape index (κ3) is 3.80. The van der Waals surface area contributed by atoms with E-state index in [4.69, 9.17) is 11.6 Å². The molecular weight excluding hydrogens is 449 g/mol. The number of carbonyl (C=O) groups is 2. The quantitative estimate of drug-likeness (QED) is 0.477. The van der Waals surface area contributed by atoms with E-state index in [1.165, 1.54) is 11.1 Å². The Balaban J connectivity index is 1.44. The van der Waals surface area contributed by atoms with Gasteiger partial charge in [-0.1, -0.05) is 11.6 Å². The minimum atomic E-state index is -1.02. The van der Waals surface area contributed by atoms with Crippen LogP contribution in [0.25, 0.3) is 33.5 Å². The van der Waals surface area contributed by atoms with Gasteiger partial charge in [0.15, 0.2) is 5.65 Å². The first-order valence-electron chi connectivity index (χ1n) is 10.5. The number of alkyl halides is 1. The molecule has 0 spiro atoms. The molecule has 1 aliphatic rings. The van der Waals surface area contributed by atoms with Gasteiger partial charge in [0.1, 0.15) is 29.1 Å². The van der Waals surface area contributed by atoms with Crippen LogP contribution in [0.1, 0.15) is 23.7 Å². The van der Waals surface area contributed by atoms with E-state index >= 15 is 0 Å². The second-order valence-electron chi connectivity index (χ2n) is 8.15. The zero-order chi connectivity index (χ0) is 23.3. The molecule has 0 aliphatic carbocycles. The minimum Gasteiger partial charge on any atom is -0.344 e. The van der Waals surface area contributed by atoms with E-state index in [9.17, 15) is 14.0 Å². The van der Waals surface area contributed by atoms with Crippen LogP contribution >= 0.6 is 11.6 Å². The number of aromatic nitrogens is 5. The Morgan fingerprint density at radius 1 is 1.36 bits per heavy atom. The van der Waals surface area contributed by atoms with Crippen LogP contribution in [0, 0.1) is 0 Å². The van der Waals surface area contributed by atoms with Gasteiger partial charge in [-0.15, -0.1) is 0 Å². The van der Waals surface area contributed by atoms with Gasteiger partial charge < -0.3 is 15.2 Å². The van der Waals surface area contributed by atoms with Crippen LogP contribution in [-0.4, -0.2) is 66.7 Å². The highest BCUT2D eigenvalue weighted by molar-refractivity contribution is 6.31. The highest BCUT2D eigenvalue weighted by atomic mass is 35.5. The number of hydrogen-bond acceptors (Lipinski definition) is 5. The number of rotatable bonds is 4. The maximum atomic E-state index is 13.4. The molecule has 0 radical (unpaired) electrons. The van der Waals surface area contributed by atoms with Gasteiger partial charge in [-0.3, -0.25) is 14.3 Å². The molecule has 0 unspecified atom stereocenters. The molecule has 9 nitrogen and oxygen atoms in total. The molecule has 11 heteroatoms. The second-order valence-corrected chi connectivity index (χ2v) is 8.59. The molecule has 1 aromatic carbocycles. The van der Waals surface area contributed by atoms with E-state index in [0.717, 1.165) is 10.9 Å². The first-order valence-corrected chi connectivity index (χ1v) is 10.9. The van der Waals surface area contributed by atoms with E-state index in [1.807, 2.05) is 19.2 Å². The average molecular weight is 470 g/mol. The van der Waals surface area contributed by atoms with E-state index < -0.39 is 18.1 Å². The van der Waals surface area contributed by atoms with E-state index in [-0.39, 0.29) is 18.0 Å². The Hall–Kier alpha value is -3.53. The highest BCUT2D eigenvalue weighted by Gasteiger charge is 2.30. The lowest BCUT2D eigenvalue weighted by molar-refractivity contribution is -0.131. The number of benzene rings is 1. The van der Waals surface area contributed by atoms with Crippen LogP contribution < -0.4 is 5.32 Å². The summed E-state index contributed by atoms with van der Waals surface area (Å²) in [4.78, 5) is 38.9. The molecular formula is C22H21ClFN7O2. The van der Waals surface area contributed by atoms with Gasteiger partial charge in [-0.2, -0.15) is 5.10 Å². The van der Waals surface area contributed by atoms with E-state index in [0.29, 0.717) is 40.5 Å². The maximum Gasteiger partial charge on any atom is 0.255 e. The fourth-order valence-corrected chi connectivity index (χ4v) is 4.29. The van der Waals surface area contributed by atoms with Crippen molar-refractivity contribution in [2.75, 3.05) is 13.1 Å². The largest absolute Gasteiger partial charge is 0.344 e. The molecule has 0 bridgehead atoms. The first-order chi connectivity index (χ1) is 15.8. The lowest BCUT2D eigenvalue weighted by Crippen LogP contribution is -2.46. The van der Waals surface area contributed by atoms with Crippen LogP contribution in [0.3, 0.4) is 0 Å². The number of amides is 2. The van der Waals surface area contributed by atoms with Gasteiger partial charge in [-0.25, -0.2) is 14.4 Å². The topological polar surface area (TPSA) is 109 Å². The molecule has 170 valence electrons. The van der Waals surface area contributed by atoms with E-state index in [2.05, 4.69) is 25.4 Å². The Morgan fingerprint density at radius 3 is 2.94 bits per heavy atom. The van der Waals surface area contributed by atoms with Crippen LogP contribution in [0.5, 0.6) is 0 Å². The average Bonchev–Trinajstić information content (AvgIpc) is 3.50. The van der Waals surface area contributed by atoms with E-state index in [1.54, 1.807) is 23.9 Å². The number of nitrogens with one attached hydrogen (secondary N) is 2. The summed E-state index contributed by atoms with van der Waals surface area (Å²) in [5, 5.41) is 8.70. The third-order valence-electron chi connectivity index (χ3n) is 5.84. The van der Waals surface area contributed by atoms with Crippen molar-refractivity contribution in [1.82, 2.24) is 34.9 Å². The zero-order valence-corrected chi connectivity index (χ0v) is 18.7. The van der Waals surface area contributed by atoms with Gasteiger partial charge in [0.2, 0.25) is 5.91 Å². The van der Waals surface area contributed by atoms with Crippen molar-refractivity contribution in [3.63, 3.8) is 0 Å². The highest BCUT2D eigenvalue weighted by Crippen LogP contribution is 2.29. The summed E-state index contributed by atoms with van der Waals surface area (Å²) in [5.41, 5.74) is 3.01. The molecule has 2 amide bonds. The summed E-state index contributed by atoms with van der Waals surface area (Å²) in [6.45, 7) is 2.00. The molecule has 2 N–H and O–H groups in total. The molecule has 1 saturated heterocycles. The van der Waals surface area contributed by atoms with Crippen LogP contribution in [0.2, 0.25) is 5.02 Å². The van der Waals surface area contributed by atoms with Crippen molar-refractivity contribution in [2.24, 2.45) is 7.05 Å². The van der Waals surface area contributed by atoms with Crippen molar-refractivity contribution in [3.8, 4) is 11.4 Å². The van der Waals surface area contributed by atoms with Crippen molar-refractivity contribution >= 4 is 45.5 Å². The fourth-order valence-electron chi connectivity index (χ4n) is 4.13. The van der Waals surface area contributed by atoms with Crippen molar-refractivity contribution in [2.45, 2.75) is 25.6 Å². The summed E-state index contributed by atoms with van der Waals surface area (Å²) in [7, 11) is 1.81. The summed E-state index contributed by atoms with van der Waals surface area (Å²) in [6, 6.07) is 4.66. The van der Waals surface area contributed by atoms with Gasteiger partial charge in [0.05, 0.1) is 23.8 Å². The zero-order valence-electron chi connectivity index (χ0n) is 18.0. The molecule has 1 aliphatic heterocycles. The van der Waals surface area contributed by atoms with Crippen molar-refractivity contribution < 1.29 is 14.0 Å². The first kappa shape index (κ1) is 21.3. The van der Waals surface area contributed by atoms with Crippen LogP contribution in [0.4, 0.5) is 4.39 Å². The molecule has 4 heterocycles. The number of aromatic amines is 1. The number of likely N-dealkylation sites (tertiary alicyclic amines) is 1. The molecule has 2 atom stereocenters. The second kappa shape index (κ2) is 8.11. The number of aryl methyl sites for hydroxylation is 1. The van der Waals surface area contributed by atoms with Gasteiger partial charge in [0.25, 0.3) is 5.91 Å².